The zero-order valence-electron chi connectivity index (χ0n) is 16.7. The molecule has 1 aliphatic heterocycles. The highest BCUT2D eigenvalue weighted by Gasteiger charge is 2.21. The Balaban J connectivity index is 1.34. The Kier molecular flexibility index (Phi) is 5.75. The van der Waals surface area contributed by atoms with Gasteiger partial charge in [0.25, 0.3) is 0 Å². The van der Waals surface area contributed by atoms with Crippen molar-refractivity contribution in [1.82, 2.24) is 10.6 Å². The van der Waals surface area contributed by atoms with Crippen molar-refractivity contribution in [2.45, 2.75) is 25.9 Å². The Hall–Kier alpha value is -3.34. The molecule has 29 heavy (non-hydrogen) atoms. The van der Waals surface area contributed by atoms with E-state index in [4.69, 9.17) is 0 Å². The van der Waals surface area contributed by atoms with Crippen LogP contribution in [0.4, 0.5) is 5.69 Å². The highest BCUT2D eigenvalue weighted by Crippen LogP contribution is 2.21. The number of anilines is 1. The number of rotatable bonds is 5. The first-order chi connectivity index (χ1) is 14.2. The summed E-state index contributed by atoms with van der Waals surface area (Å²) in [6, 6.07) is 22.9. The van der Waals surface area contributed by atoms with Crippen LogP contribution < -0.4 is 15.5 Å². The van der Waals surface area contributed by atoms with E-state index in [1.165, 1.54) is 16.3 Å². The Bertz CT molecular complexity index is 1020. The van der Waals surface area contributed by atoms with Crippen LogP contribution >= 0.6 is 0 Å². The number of hydrogen-bond donors (Lipinski definition) is 2. The maximum atomic E-state index is 11.9. The number of guanidine groups is 1. The number of nitrogens with one attached hydrogen (secondary N) is 2. The van der Waals surface area contributed by atoms with Gasteiger partial charge in [0.05, 0.1) is 0 Å². The minimum Gasteiger partial charge on any atom is -0.352 e. The van der Waals surface area contributed by atoms with E-state index in [2.05, 4.69) is 70.2 Å². The van der Waals surface area contributed by atoms with E-state index in [1.807, 2.05) is 17.0 Å². The fourth-order valence-corrected chi connectivity index (χ4v) is 3.75. The molecule has 0 spiro atoms. The lowest BCUT2D eigenvalue weighted by molar-refractivity contribution is -0.117. The van der Waals surface area contributed by atoms with Gasteiger partial charge in [-0.05, 0) is 40.5 Å². The van der Waals surface area contributed by atoms with Crippen molar-refractivity contribution in [1.29, 1.82) is 0 Å². The van der Waals surface area contributed by atoms with Crippen molar-refractivity contribution < 1.29 is 4.79 Å². The molecule has 4 rings (SSSR count). The van der Waals surface area contributed by atoms with Gasteiger partial charge in [0.1, 0.15) is 0 Å². The minimum absolute atomic E-state index is 0.217. The number of hydrogen-bond acceptors (Lipinski definition) is 2. The second-order valence-electron chi connectivity index (χ2n) is 7.23. The van der Waals surface area contributed by atoms with Crippen molar-refractivity contribution in [2.24, 2.45) is 4.99 Å². The highest BCUT2D eigenvalue weighted by atomic mass is 16.2. The molecule has 0 bridgehead atoms. The molecule has 1 heterocycles. The summed E-state index contributed by atoms with van der Waals surface area (Å²) in [5.74, 6) is 0.977. The molecule has 3 aromatic rings. The van der Waals surface area contributed by atoms with Crippen molar-refractivity contribution in [3.8, 4) is 0 Å². The van der Waals surface area contributed by atoms with Crippen molar-refractivity contribution in [3.63, 3.8) is 0 Å². The van der Waals surface area contributed by atoms with Gasteiger partial charge < -0.3 is 15.5 Å². The molecule has 0 radical (unpaired) electrons. The van der Waals surface area contributed by atoms with Gasteiger partial charge in [0, 0.05) is 38.8 Å². The molecule has 0 saturated carbocycles. The van der Waals surface area contributed by atoms with E-state index < -0.39 is 0 Å². The van der Waals surface area contributed by atoms with Crippen LogP contribution in [0.2, 0.25) is 0 Å². The third-order valence-electron chi connectivity index (χ3n) is 5.33. The molecule has 1 aliphatic rings. The summed E-state index contributed by atoms with van der Waals surface area (Å²) >= 11 is 0. The van der Waals surface area contributed by atoms with Gasteiger partial charge in [-0.3, -0.25) is 9.79 Å². The molecule has 0 aliphatic carbocycles. The van der Waals surface area contributed by atoms with Crippen molar-refractivity contribution in [2.75, 3.05) is 18.5 Å². The number of nitrogens with zero attached hydrogens (tertiary/aromatic N) is 2. The lowest BCUT2D eigenvalue weighted by Crippen LogP contribution is -2.36. The largest absolute Gasteiger partial charge is 0.352 e. The summed E-state index contributed by atoms with van der Waals surface area (Å²) in [6.45, 7) is 2.20. The fourth-order valence-electron chi connectivity index (χ4n) is 3.75. The summed E-state index contributed by atoms with van der Waals surface area (Å²) in [4.78, 5) is 18.1. The Morgan fingerprint density at radius 2 is 1.72 bits per heavy atom. The molecule has 5 nitrogen and oxygen atoms in total. The third-order valence-corrected chi connectivity index (χ3v) is 5.33. The third kappa shape index (κ3) is 4.40. The normalized spacial score (nSPS) is 14.4. The molecule has 1 fully saturated rings. The first kappa shape index (κ1) is 19.0. The smallest absolute Gasteiger partial charge is 0.227 e. The van der Waals surface area contributed by atoms with Crippen LogP contribution in [-0.4, -0.2) is 25.5 Å². The van der Waals surface area contributed by atoms with E-state index in [1.54, 1.807) is 7.05 Å². The van der Waals surface area contributed by atoms with Gasteiger partial charge in [-0.2, -0.15) is 0 Å². The van der Waals surface area contributed by atoms with E-state index >= 15 is 0 Å². The quantitative estimate of drug-likeness (QED) is 0.518. The summed E-state index contributed by atoms with van der Waals surface area (Å²) < 4.78 is 0. The van der Waals surface area contributed by atoms with Gasteiger partial charge in [-0.1, -0.05) is 54.6 Å². The number of aliphatic imine (C=N–C) groups is 1. The van der Waals surface area contributed by atoms with E-state index in [-0.39, 0.29) is 5.91 Å². The fraction of sp³-hybridized carbons (Fsp3) is 0.250. The average molecular weight is 386 g/mol. The van der Waals surface area contributed by atoms with Gasteiger partial charge in [-0.15, -0.1) is 0 Å². The predicted molar refractivity (Wildman–Crippen MR) is 119 cm³/mol. The number of fused-ring (bicyclic) bond motifs is 1. The van der Waals surface area contributed by atoms with Crippen LogP contribution in [0, 0.1) is 0 Å². The monoisotopic (exact) mass is 386 g/mol. The molecule has 1 saturated heterocycles. The maximum absolute atomic E-state index is 11.9. The topological polar surface area (TPSA) is 56.7 Å². The Morgan fingerprint density at radius 3 is 2.48 bits per heavy atom. The first-order valence-electron chi connectivity index (χ1n) is 10.0. The molecule has 2 N–H and O–H groups in total. The Labute approximate surface area is 171 Å². The van der Waals surface area contributed by atoms with Gasteiger partial charge in [0.15, 0.2) is 5.96 Å². The molecule has 0 atom stereocenters. The Morgan fingerprint density at radius 1 is 0.966 bits per heavy atom. The minimum atomic E-state index is 0.217. The molecule has 3 aromatic carbocycles. The summed E-state index contributed by atoms with van der Waals surface area (Å²) in [5.41, 5.74) is 3.37. The molecule has 0 unspecified atom stereocenters. The summed E-state index contributed by atoms with van der Waals surface area (Å²) in [6.07, 6.45) is 1.60. The standard InChI is InChI=1S/C24H26N4O/c1-25-24(27-17-20-8-4-7-19-6-2-3-9-22(19)20)26-16-18-11-13-21(14-12-18)28-15-5-10-23(28)29/h2-4,6-9,11-14H,5,10,15-17H2,1H3,(H2,25,26,27). The predicted octanol–water partition coefficient (Wildman–Crippen LogP) is 3.83. The van der Waals surface area contributed by atoms with Crippen LogP contribution in [0.1, 0.15) is 24.0 Å². The van der Waals surface area contributed by atoms with Crippen LogP contribution in [0.3, 0.4) is 0 Å². The zero-order valence-corrected chi connectivity index (χ0v) is 16.7. The molecule has 1 amide bonds. The molecule has 0 aromatic heterocycles. The summed E-state index contributed by atoms with van der Waals surface area (Å²) in [5, 5.41) is 9.25. The number of benzene rings is 3. The van der Waals surface area contributed by atoms with Gasteiger partial charge >= 0.3 is 0 Å². The maximum Gasteiger partial charge on any atom is 0.227 e. The zero-order chi connectivity index (χ0) is 20.1. The van der Waals surface area contributed by atoms with E-state index in [0.29, 0.717) is 19.5 Å². The number of carbonyl (C=O) groups excluding carboxylic acids is 1. The van der Waals surface area contributed by atoms with Crippen LogP contribution in [0.15, 0.2) is 71.7 Å². The van der Waals surface area contributed by atoms with Gasteiger partial charge in [-0.25, -0.2) is 0 Å². The van der Waals surface area contributed by atoms with Crippen molar-refractivity contribution >= 4 is 28.3 Å². The molecular weight excluding hydrogens is 360 g/mol. The number of amides is 1. The second kappa shape index (κ2) is 8.78. The second-order valence-corrected chi connectivity index (χ2v) is 7.23. The lowest BCUT2D eigenvalue weighted by atomic mass is 10.0. The molecule has 5 heteroatoms. The average Bonchev–Trinajstić information content (AvgIpc) is 3.20. The van der Waals surface area contributed by atoms with E-state index in [0.717, 1.165) is 30.2 Å². The highest BCUT2D eigenvalue weighted by molar-refractivity contribution is 5.95. The lowest BCUT2D eigenvalue weighted by Gasteiger charge is -2.16. The first-order valence-corrected chi connectivity index (χ1v) is 10.0. The SMILES string of the molecule is CN=C(NCc1ccc(N2CCCC2=O)cc1)NCc1cccc2ccccc12. The van der Waals surface area contributed by atoms with Gasteiger partial charge in [0.2, 0.25) is 5.91 Å². The van der Waals surface area contributed by atoms with Crippen LogP contribution in [0.25, 0.3) is 10.8 Å². The van der Waals surface area contributed by atoms with Crippen LogP contribution in [0.5, 0.6) is 0 Å². The van der Waals surface area contributed by atoms with Crippen LogP contribution in [-0.2, 0) is 17.9 Å². The van der Waals surface area contributed by atoms with E-state index in [9.17, 15) is 4.79 Å². The number of carbonyl (C=O) groups is 1. The molecule has 148 valence electrons. The van der Waals surface area contributed by atoms with Crippen molar-refractivity contribution in [3.05, 3.63) is 77.9 Å². The molecular formula is C24H26N4O. The summed E-state index contributed by atoms with van der Waals surface area (Å²) in [7, 11) is 1.78.